The number of rotatable bonds is 5. The second-order valence-electron chi connectivity index (χ2n) is 9.32. The quantitative estimate of drug-likeness (QED) is 0.605. The molecule has 6 nitrogen and oxygen atoms in total. The van der Waals surface area contributed by atoms with Crippen LogP contribution in [0, 0.1) is 13.8 Å². The van der Waals surface area contributed by atoms with Crippen molar-refractivity contribution in [3.05, 3.63) is 95.1 Å². The van der Waals surface area contributed by atoms with E-state index in [-0.39, 0.29) is 11.8 Å². The minimum atomic E-state index is -0.896. The first-order valence-electron chi connectivity index (χ1n) is 11.6. The summed E-state index contributed by atoms with van der Waals surface area (Å²) in [5.74, 6) is 0.00665. The molecule has 6 heteroatoms. The number of nitrogens with zero attached hydrogens (tertiary/aromatic N) is 4. The van der Waals surface area contributed by atoms with E-state index in [9.17, 15) is 4.79 Å². The molecule has 2 fully saturated rings. The Balaban J connectivity index is 1.45. The fraction of sp³-hybridized carbons (Fsp3) is 0.370. The van der Waals surface area contributed by atoms with Crippen LogP contribution in [0.25, 0.3) is 0 Å². The highest BCUT2D eigenvalue weighted by Crippen LogP contribution is 2.42. The number of likely N-dealkylation sites (tertiary alicyclic amines) is 1. The van der Waals surface area contributed by atoms with Gasteiger partial charge in [0.25, 0.3) is 5.91 Å². The molecule has 2 aromatic heterocycles. The van der Waals surface area contributed by atoms with Crippen LogP contribution in [0.1, 0.15) is 33.7 Å². The number of carbonyl (C=O) groups is 1. The van der Waals surface area contributed by atoms with Crippen molar-refractivity contribution in [3.63, 3.8) is 0 Å². The smallest absolute Gasteiger partial charge is 0.257 e. The number of benzene rings is 1. The molecule has 2 aliphatic rings. The first kappa shape index (κ1) is 21.7. The number of morpholine rings is 1. The first-order chi connectivity index (χ1) is 16.0. The van der Waals surface area contributed by atoms with E-state index in [2.05, 4.69) is 53.0 Å². The number of hydrogen-bond donors (Lipinski definition) is 0. The molecule has 2 atom stereocenters. The van der Waals surface area contributed by atoms with Gasteiger partial charge in [0.2, 0.25) is 0 Å². The van der Waals surface area contributed by atoms with Crippen LogP contribution in [-0.2, 0) is 22.6 Å². The molecule has 1 amide bonds. The van der Waals surface area contributed by atoms with Crippen LogP contribution in [0.2, 0.25) is 0 Å². The average Bonchev–Trinajstić information content (AvgIpc) is 3.16. The zero-order chi connectivity index (χ0) is 22.8. The molecule has 0 N–H and O–H groups in total. The summed E-state index contributed by atoms with van der Waals surface area (Å²) >= 11 is 0. The molecule has 0 bridgehead atoms. The van der Waals surface area contributed by atoms with E-state index >= 15 is 0 Å². The first-order valence-corrected chi connectivity index (χ1v) is 11.6. The predicted octanol–water partition coefficient (Wildman–Crippen LogP) is 3.49. The Bertz CT molecular complexity index is 1100. The van der Waals surface area contributed by atoms with Gasteiger partial charge in [-0.1, -0.05) is 35.4 Å². The van der Waals surface area contributed by atoms with E-state index in [1.807, 2.05) is 29.3 Å². The largest absolute Gasteiger partial charge is 0.361 e. The van der Waals surface area contributed by atoms with Crippen LogP contribution in [-0.4, -0.2) is 57.5 Å². The van der Waals surface area contributed by atoms with Crippen LogP contribution in [0.5, 0.6) is 0 Å². The minimum Gasteiger partial charge on any atom is -0.361 e. The summed E-state index contributed by atoms with van der Waals surface area (Å²) in [7, 11) is 0. The van der Waals surface area contributed by atoms with Crippen molar-refractivity contribution in [1.82, 2.24) is 19.8 Å². The standard InChI is InChI=1S/C27H30N4O2/c1-20-12-21(2)14-23(13-20)16-30-18-25(24-4-3-7-29-15-24)27(19-30)26(32)31(10-11-33-27)17-22-5-8-28-9-6-22/h3-9,12-15,25H,10-11,16-19H2,1-2H3/t25-,27+/m1/s1. The van der Waals surface area contributed by atoms with Gasteiger partial charge in [-0.3, -0.25) is 19.7 Å². The maximum absolute atomic E-state index is 14.0. The highest BCUT2D eigenvalue weighted by Gasteiger charge is 2.56. The molecule has 2 saturated heterocycles. The maximum Gasteiger partial charge on any atom is 0.257 e. The lowest BCUT2D eigenvalue weighted by Gasteiger charge is -2.42. The second-order valence-corrected chi connectivity index (χ2v) is 9.32. The Kier molecular flexibility index (Phi) is 5.96. The molecule has 0 saturated carbocycles. The van der Waals surface area contributed by atoms with Gasteiger partial charge in [-0.15, -0.1) is 0 Å². The van der Waals surface area contributed by atoms with Crippen molar-refractivity contribution >= 4 is 5.91 Å². The number of pyridine rings is 2. The average molecular weight is 443 g/mol. The Morgan fingerprint density at radius 1 is 1.00 bits per heavy atom. The fourth-order valence-corrected chi connectivity index (χ4v) is 5.40. The zero-order valence-corrected chi connectivity index (χ0v) is 19.3. The van der Waals surface area contributed by atoms with Crippen LogP contribution in [0.4, 0.5) is 0 Å². The lowest BCUT2D eigenvalue weighted by Crippen LogP contribution is -2.59. The number of aryl methyl sites for hydroxylation is 2. The molecule has 1 aromatic carbocycles. The SMILES string of the molecule is Cc1cc(C)cc(CN2C[C@H](c3cccnc3)[C@]3(C2)OCCN(Cc2ccncc2)C3=O)c1. The van der Waals surface area contributed by atoms with Gasteiger partial charge < -0.3 is 9.64 Å². The Hall–Kier alpha value is -3.09. The molecule has 4 heterocycles. The third kappa shape index (κ3) is 4.41. The summed E-state index contributed by atoms with van der Waals surface area (Å²) < 4.78 is 6.42. The maximum atomic E-state index is 14.0. The molecular weight excluding hydrogens is 412 g/mol. The summed E-state index contributed by atoms with van der Waals surface area (Å²) in [6.45, 7) is 8.09. The van der Waals surface area contributed by atoms with Crippen molar-refractivity contribution in [2.24, 2.45) is 0 Å². The van der Waals surface area contributed by atoms with Crippen LogP contribution in [0.3, 0.4) is 0 Å². The van der Waals surface area contributed by atoms with Crippen molar-refractivity contribution in [2.45, 2.75) is 38.5 Å². The highest BCUT2D eigenvalue weighted by molar-refractivity contribution is 5.88. The molecule has 2 aliphatic heterocycles. The van der Waals surface area contributed by atoms with Gasteiger partial charge in [0.05, 0.1) is 6.61 Å². The van der Waals surface area contributed by atoms with Crippen molar-refractivity contribution < 1.29 is 9.53 Å². The summed E-state index contributed by atoms with van der Waals surface area (Å²) in [4.78, 5) is 26.7. The molecule has 170 valence electrons. The van der Waals surface area contributed by atoms with E-state index < -0.39 is 5.60 Å². The van der Waals surface area contributed by atoms with Crippen LogP contribution < -0.4 is 0 Å². The van der Waals surface area contributed by atoms with E-state index in [1.165, 1.54) is 16.7 Å². The summed E-state index contributed by atoms with van der Waals surface area (Å²) in [6, 6.07) is 14.6. The van der Waals surface area contributed by atoms with Gasteiger partial charge in [0.15, 0.2) is 5.60 Å². The van der Waals surface area contributed by atoms with Gasteiger partial charge in [-0.25, -0.2) is 0 Å². The normalized spacial score (nSPS) is 23.4. The van der Waals surface area contributed by atoms with Gasteiger partial charge in [-0.2, -0.15) is 0 Å². The number of amides is 1. The number of carbonyl (C=O) groups excluding carboxylic acids is 1. The molecule has 0 unspecified atom stereocenters. The van der Waals surface area contributed by atoms with Gasteiger partial charge >= 0.3 is 0 Å². The zero-order valence-electron chi connectivity index (χ0n) is 19.3. The predicted molar refractivity (Wildman–Crippen MR) is 127 cm³/mol. The lowest BCUT2D eigenvalue weighted by atomic mass is 9.83. The van der Waals surface area contributed by atoms with Crippen molar-refractivity contribution in [2.75, 3.05) is 26.2 Å². The Labute approximate surface area is 195 Å². The summed E-state index contributed by atoms with van der Waals surface area (Å²) in [6.07, 6.45) is 7.20. The number of hydrogen-bond acceptors (Lipinski definition) is 5. The van der Waals surface area contributed by atoms with Gasteiger partial charge in [0, 0.05) is 63.4 Å². The van der Waals surface area contributed by atoms with Crippen molar-refractivity contribution in [3.8, 4) is 0 Å². The molecule has 0 aliphatic carbocycles. The fourth-order valence-electron chi connectivity index (χ4n) is 5.40. The molecule has 3 aromatic rings. The minimum absolute atomic E-state index is 0.0650. The molecular formula is C27H30N4O2. The van der Waals surface area contributed by atoms with Crippen LogP contribution >= 0.6 is 0 Å². The molecule has 5 rings (SSSR count). The Morgan fingerprint density at radius 3 is 2.52 bits per heavy atom. The summed E-state index contributed by atoms with van der Waals surface area (Å²) in [5, 5.41) is 0. The van der Waals surface area contributed by atoms with Crippen LogP contribution in [0.15, 0.2) is 67.3 Å². The number of ether oxygens (including phenoxy) is 1. The number of aromatic nitrogens is 2. The highest BCUT2D eigenvalue weighted by atomic mass is 16.5. The van der Waals surface area contributed by atoms with E-state index in [0.717, 1.165) is 24.2 Å². The third-order valence-corrected chi connectivity index (χ3v) is 6.73. The van der Waals surface area contributed by atoms with E-state index in [4.69, 9.17) is 4.74 Å². The summed E-state index contributed by atoms with van der Waals surface area (Å²) in [5.41, 5.74) is 5.03. The molecule has 33 heavy (non-hydrogen) atoms. The molecule has 0 radical (unpaired) electrons. The molecule has 1 spiro atoms. The third-order valence-electron chi connectivity index (χ3n) is 6.73. The topological polar surface area (TPSA) is 58.6 Å². The van der Waals surface area contributed by atoms with E-state index in [1.54, 1.807) is 18.6 Å². The monoisotopic (exact) mass is 442 g/mol. The van der Waals surface area contributed by atoms with Gasteiger partial charge in [0.1, 0.15) is 0 Å². The van der Waals surface area contributed by atoms with E-state index in [0.29, 0.717) is 26.2 Å². The lowest BCUT2D eigenvalue weighted by molar-refractivity contribution is -0.173. The Morgan fingerprint density at radius 2 is 1.79 bits per heavy atom. The van der Waals surface area contributed by atoms with Crippen molar-refractivity contribution in [1.29, 1.82) is 0 Å². The second kappa shape index (κ2) is 9.04. The van der Waals surface area contributed by atoms with Gasteiger partial charge in [-0.05, 0) is 48.7 Å².